The molecule has 2 aromatic rings. The summed E-state index contributed by atoms with van der Waals surface area (Å²) in [5.41, 5.74) is 1.70. The Balaban J connectivity index is 2.36. The first kappa shape index (κ1) is 16.6. The number of hydrogen-bond donors (Lipinski definition) is 0. The van der Waals surface area contributed by atoms with E-state index < -0.39 is 18.3 Å². The minimum Gasteiger partial charge on any atom is -0.246 e. The highest BCUT2D eigenvalue weighted by Gasteiger charge is 2.09. The average Bonchev–Trinajstić information content (AvgIpc) is 2.56. The highest BCUT2D eigenvalue weighted by Crippen LogP contribution is 2.23. The Hall–Kier alpha value is -2.80. The normalized spacial score (nSPS) is 12.1. The Bertz CT molecular complexity index is 776. The quantitative estimate of drug-likeness (QED) is 0.703. The zero-order valence-corrected chi connectivity index (χ0v) is 12.5. The summed E-state index contributed by atoms with van der Waals surface area (Å²) in [4.78, 5) is 0. The molecule has 4 heteroatoms. The summed E-state index contributed by atoms with van der Waals surface area (Å²) in [5.74, 6) is -1.32. The van der Waals surface area contributed by atoms with Crippen molar-refractivity contribution in [2.75, 3.05) is 6.67 Å². The lowest BCUT2D eigenvalue weighted by Gasteiger charge is -2.05. The van der Waals surface area contributed by atoms with Crippen LogP contribution in [-0.2, 0) is 0 Å². The minimum atomic E-state index is -0.727. The molecule has 0 aliphatic heterocycles. The molecule has 0 atom stereocenters. The average molecular weight is 313 g/mol. The molecule has 0 bridgehead atoms. The number of nitrogens with zero attached hydrogens (tertiary/aromatic N) is 1. The third kappa shape index (κ3) is 3.89. The molecule has 116 valence electrons. The predicted molar refractivity (Wildman–Crippen MR) is 85.1 cm³/mol. The van der Waals surface area contributed by atoms with Crippen molar-refractivity contribution in [3.63, 3.8) is 0 Å². The minimum absolute atomic E-state index is 0.123. The lowest BCUT2D eigenvalue weighted by molar-refractivity contribution is 0.571. The van der Waals surface area contributed by atoms with Crippen LogP contribution in [0.4, 0.5) is 13.2 Å². The number of rotatable bonds is 4. The molecule has 0 N–H and O–H groups in total. The summed E-state index contributed by atoms with van der Waals surface area (Å²) in [6.07, 6.45) is 2.97. The van der Waals surface area contributed by atoms with E-state index in [9.17, 15) is 13.2 Å². The van der Waals surface area contributed by atoms with Crippen molar-refractivity contribution in [1.29, 1.82) is 5.26 Å². The Morgan fingerprint density at radius 3 is 2.17 bits per heavy atom. The first-order valence-corrected chi connectivity index (χ1v) is 6.95. The molecule has 1 nitrogen and oxygen atoms in total. The molecule has 0 saturated heterocycles. The number of halogens is 3. The first-order valence-electron chi connectivity index (χ1n) is 6.95. The molecule has 0 heterocycles. The fourth-order valence-corrected chi connectivity index (χ4v) is 2.16. The van der Waals surface area contributed by atoms with Crippen molar-refractivity contribution in [2.45, 2.75) is 6.92 Å². The molecule has 0 amide bonds. The zero-order valence-electron chi connectivity index (χ0n) is 12.5. The van der Waals surface area contributed by atoms with Crippen LogP contribution in [0.25, 0.3) is 11.1 Å². The van der Waals surface area contributed by atoms with Gasteiger partial charge in [0.2, 0.25) is 0 Å². The second kappa shape index (κ2) is 7.46. The highest BCUT2D eigenvalue weighted by atomic mass is 19.1. The number of hydrogen-bond acceptors (Lipinski definition) is 1. The smallest absolute Gasteiger partial charge is 0.133 e. The fourth-order valence-electron chi connectivity index (χ4n) is 2.16. The van der Waals surface area contributed by atoms with Gasteiger partial charge in [0, 0.05) is 5.56 Å². The van der Waals surface area contributed by atoms with Crippen LogP contribution in [0, 0.1) is 23.0 Å². The Kier molecular flexibility index (Phi) is 5.37. The van der Waals surface area contributed by atoms with Crippen LogP contribution in [0.2, 0.25) is 0 Å². The standard InChI is InChI=1S/C19H14F3N/c1-13(19-17(21)3-2-4-18(19)22)5-8-16(11-20)15-9-6-14(12-23)7-10-15/h2-10H,11H2,1H3/b13-5+,16-8+. The van der Waals surface area contributed by atoms with Crippen molar-refractivity contribution < 1.29 is 13.2 Å². The lowest BCUT2D eigenvalue weighted by atomic mass is 10.0. The van der Waals surface area contributed by atoms with Crippen LogP contribution < -0.4 is 0 Å². The van der Waals surface area contributed by atoms with E-state index in [1.165, 1.54) is 30.4 Å². The van der Waals surface area contributed by atoms with Crippen molar-refractivity contribution >= 4 is 11.1 Å². The molecule has 0 spiro atoms. The Labute approximate surface area is 133 Å². The van der Waals surface area contributed by atoms with Gasteiger partial charge in [0.1, 0.15) is 18.3 Å². The van der Waals surface area contributed by atoms with Crippen molar-refractivity contribution in [3.8, 4) is 6.07 Å². The van der Waals surface area contributed by atoms with Gasteiger partial charge in [0.15, 0.2) is 0 Å². The Morgan fingerprint density at radius 1 is 1.04 bits per heavy atom. The Morgan fingerprint density at radius 2 is 1.65 bits per heavy atom. The van der Waals surface area contributed by atoms with Crippen LogP contribution in [0.3, 0.4) is 0 Å². The zero-order chi connectivity index (χ0) is 16.8. The topological polar surface area (TPSA) is 23.8 Å². The summed E-state index contributed by atoms with van der Waals surface area (Å²) in [5, 5.41) is 8.76. The maximum absolute atomic E-state index is 13.7. The van der Waals surface area contributed by atoms with E-state index in [0.717, 1.165) is 0 Å². The van der Waals surface area contributed by atoms with Gasteiger partial charge in [-0.05, 0) is 47.9 Å². The lowest BCUT2D eigenvalue weighted by Crippen LogP contribution is -1.92. The van der Waals surface area contributed by atoms with Crippen molar-refractivity contribution in [1.82, 2.24) is 0 Å². The summed E-state index contributed by atoms with van der Waals surface area (Å²) in [7, 11) is 0. The van der Waals surface area contributed by atoms with E-state index >= 15 is 0 Å². The number of nitriles is 1. The van der Waals surface area contributed by atoms with Gasteiger partial charge in [-0.3, -0.25) is 0 Å². The second-order valence-corrected chi connectivity index (χ2v) is 4.96. The van der Waals surface area contributed by atoms with E-state index in [-0.39, 0.29) is 5.56 Å². The van der Waals surface area contributed by atoms with Crippen LogP contribution in [0.15, 0.2) is 54.6 Å². The maximum Gasteiger partial charge on any atom is 0.133 e. The summed E-state index contributed by atoms with van der Waals surface area (Å²) in [6, 6.07) is 12.1. The van der Waals surface area contributed by atoms with E-state index in [1.807, 2.05) is 6.07 Å². The van der Waals surface area contributed by atoms with Gasteiger partial charge < -0.3 is 0 Å². The molecule has 2 rings (SSSR count). The second-order valence-electron chi connectivity index (χ2n) is 4.96. The molecule has 23 heavy (non-hydrogen) atoms. The van der Waals surface area contributed by atoms with E-state index in [1.54, 1.807) is 31.2 Å². The molecule has 2 aromatic carbocycles. The van der Waals surface area contributed by atoms with Crippen LogP contribution in [0.1, 0.15) is 23.6 Å². The molecular weight excluding hydrogens is 299 g/mol. The van der Waals surface area contributed by atoms with Crippen LogP contribution in [0.5, 0.6) is 0 Å². The van der Waals surface area contributed by atoms with Gasteiger partial charge in [0.05, 0.1) is 11.6 Å². The summed E-state index contributed by atoms with van der Waals surface area (Å²) >= 11 is 0. The molecule has 0 aliphatic carbocycles. The summed E-state index contributed by atoms with van der Waals surface area (Å²) < 4.78 is 40.6. The van der Waals surface area contributed by atoms with Crippen molar-refractivity contribution in [2.24, 2.45) is 0 Å². The van der Waals surface area contributed by atoms with Gasteiger partial charge in [0.25, 0.3) is 0 Å². The molecule has 0 unspecified atom stereocenters. The molecular formula is C19H14F3N. The van der Waals surface area contributed by atoms with Gasteiger partial charge in [-0.1, -0.05) is 30.4 Å². The largest absolute Gasteiger partial charge is 0.246 e. The first-order chi connectivity index (χ1) is 11.1. The van der Waals surface area contributed by atoms with Gasteiger partial charge in [-0.15, -0.1) is 0 Å². The number of benzene rings is 2. The number of alkyl halides is 1. The van der Waals surface area contributed by atoms with Crippen molar-refractivity contribution in [3.05, 3.63) is 82.9 Å². The predicted octanol–water partition coefficient (Wildman–Crippen LogP) is 5.29. The van der Waals surface area contributed by atoms with Crippen LogP contribution >= 0.6 is 0 Å². The monoisotopic (exact) mass is 313 g/mol. The number of allylic oxidation sites excluding steroid dienone is 4. The maximum atomic E-state index is 13.7. The molecule has 0 aliphatic rings. The van der Waals surface area contributed by atoms with Gasteiger partial charge in [-0.25, -0.2) is 13.2 Å². The highest BCUT2D eigenvalue weighted by molar-refractivity contribution is 5.73. The third-order valence-electron chi connectivity index (χ3n) is 3.42. The van der Waals surface area contributed by atoms with E-state index in [2.05, 4.69) is 0 Å². The molecule has 0 aromatic heterocycles. The molecule has 0 radical (unpaired) electrons. The fraction of sp³-hybridized carbons (Fsp3) is 0.105. The van der Waals surface area contributed by atoms with Gasteiger partial charge in [-0.2, -0.15) is 5.26 Å². The van der Waals surface area contributed by atoms with E-state index in [4.69, 9.17) is 5.26 Å². The molecule has 0 saturated carbocycles. The van der Waals surface area contributed by atoms with Crippen LogP contribution in [-0.4, -0.2) is 6.67 Å². The third-order valence-corrected chi connectivity index (χ3v) is 3.42. The summed E-state index contributed by atoms with van der Waals surface area (Å²) in [6.45, 7) is 0.835. The van der Waals surface area contributed by atoms with E-state index in [0.29, 0.717) is 22.3 Å². The van der Waals surface area contributed by atoms with Gasteiger partial charge >= 0.3 is 0 Å². The molecule has 0 fully saturated rings. The SMILES string of the molecule is C/C(=C\C=C(/CF)c1ccc(C#N)cc1)c1c(F)cccc1F.